The van der Waals surface area contributed by atoms with Crippen LogP contribution in [0.5, 0.6) is 0 Å². The molecule has 0 spiro atoms. The molecule has 0 aromatic heterocycles. The van der Waals surface area contributed by atoms with Gasteiger partial charge in [-0.15, -0.1) is 0 Å². The van der Waals surface area contributed by atoms with E-state index >= 15 is 0 Å². The molecule has 0 aliphatic carbocycles. The summed E-state index contributed by atoms with van der Waals surface area (Å²) in [6, 6.07) is 80.7. The standard InChI is InChI=1S/C69H72O11/c1-69(67(77-49-59-40-24-9-25-41-59)65(75-47-57-36-20-7-21-37-57)63(73-45-55-32-16-5-17-33-55)61(79-69)51-71-43-53-28-12-3-13-29-53)80-68-66(76-48-58-38-22-8-23-39-58)64(74-46-56-34-18-6-19-35-56)62(72-44-54-30-14-4-15-31-54)60(78-68)50-70-42-52-26-10-2-11-27-52/h2-41,60-68H,42-51H2,1H3/t60-,61-,62-,63-,64+,65+,66-,67-,68-,69-/m1/s1. The molecule has 2 fully saturated rings. The van der Waals surface area contributed by atoms with E-state index in [4.69, 9.17) is 52.1 Å². The number of rotatable bonds is 28. The molecule has 2 aliphatic rings. The van der Waals surface area contributed by atoms with Gasteiger partial charge in [0.05, 0.1) is 66.1 Å². The first-order valence-corrected chi connectivity index (χ1v) is 27.7. The van der Waals surface area contributed by atoms with Crippen LogP contribution in [0.3, 0.4) is 0 Å². The van der Waals surface area contributed by atoms with Crippen molar-refractivity contribution in [2.24, 2.45) is 0 Å². The maximum absolute atomic E-state index is 7.62. The summed E-state index contributed by atoms with van der Waals surface area (Å²) in [6.07, 6.45) is -7.53. The number of hydrogen-bond donors (Lipinski definition) is 0. The first-order valence-electron chi connectivity index (χ1n) is 27.7. The van der Waals surface area contributed by atoms with Crippen molar-refractivity contribution in [3.63, 3.8) is 0 Å². The van der Waals surface area contributed by atoms with E-state index in [9.17, 15) is 0 Å². The third kappa shape index (κ3) is 16.2. The van der Waals surface area contributed by atoms with Gasteiger partial charge < -0.3 is 52.1 Å². The van der Waals surface area contributed by atoms with E-state index in [0.29, 0.717) is 13.2 Å². The molecule has 2 heterocycles. The SMILES string of the molecule is C[C@]1(O[C@H]2O[C@H](COCc3ccccc3)[C@@H](OCc3ccccc3)[C@H](OCc3ccccc3)[C@H]2OCc2ccccc2)O[C@H](COCc2ccccc2)[C@@H](OCc2ccccc2)[C@H](OCc2ccccc2)[C@H]1OCc1ccccc1. The highest BCUT2D eigenvalue weighted by molar-refractivity contribution is 5.20. The van der Waals surface area contributed by atoms with Crippen molar-refractivity contribution in [2.45, 2.75) is 121 Å². The summed E-state index contributed by atoms with van der Waals surface area (Å²) in [5.41, 5.74) is 7.88. The molecular formula is C69H72O11. The average molecular weight is 1080 g/mol. The summed E-state index contributed by atoms with van der Waals surface area (Å²) in [7, 11) is 0. The van der Waals surface area contributed by atoms with E-state index in [-0.39, 0.29) is 52.9 Å². The Morgan fingerprint density at radius 1 is 0.300 bits per heavy atom. The molecule has 8 aromatic carbocycles. The van der Waals surface area contributed by atoms with Gasteiger partial charge in [-0.25, -0.2) is 0 Å². The van der Waals surface area contributed by atoms with E-state index in [1.54, 1.807) is 0 Å². The van der Waals surface area contributed by atoms with Crippen LogP contribution < -0.4 is 0 Å². The van der Waals surface area contributed by atoms with Crippen molar-refractivity contribution >= 4 is 0 Å². The number of ether oxygens (including phenoxy) is 11. The zero-order valence-corrected chi connectivity index (χ0v) is 45.4. The molecular weight excluding hydrogens is 1000 g/mol. The number of benzene rings is 8. The zero-order chi connectivity index (χ0) is 54.4. The molecule has 10 atom stereocenters. The van der Waals surface area contributed by atoms with Crippen LogP contribution in [0.25, 0.3) is 0 Å². The summed E-state index contributed by atoms with van der Waals surface area (Å²) in [5, 5.41) is 0. The summed E-state index contributed by atoms with van der Waals surface area (Å²) < 4.78 is 78.4. The van der Waals surface area contributed by atoms with Crippen molar-refractivity contribution in [1.29, 1.82) is 0 Å². The van der Waals surface area contributed by atoms with Gasteiger partial charge in [0.1, 0.15) is 48.8 Å². The fourth-order valence-electron chi connectivity index (χ4n) is 10.2. The Kier molecular flexibility index (Phi) is 21.0. The zero-order valence-electron chi connectivity index (χ0n) is 45.4. The normalized spacial score (nSPS) is 23.8. The van der Waals surface area contributed by atoms with Crippen LogP contribution in [-0.2, 0) is 105 Å². The maximum Gasteiger partial charge on any atom is 0.198 e. The van der Waals surface area contributed by atoms with Gasteiger partial charge in [-0.3, -0.25) is 0 Å². The van der Waals surface area contributed by atoms with Crippen molar-refractivity contribution in [3.8, 4) is 0 Å². The molecule has 0 radical (unpaired) electrons. The largest absolute Gasteiger partial charge is 0.374 e. The van der Waals surface area contributed by atoms with Crippen LogP contribution in [-0.4, -0.2) is 74.1 Å². The lowest BCUT2D eigenvalue weighted by molar-refractivity contribution is -0.431. The molecule has 8 aromatic rings. The van der Waals surface area contributed by atoms with Crippen molar-refractivity contribution in [1.82, 2.24) is 0 Å². The van der Waals surface area contributed by atoms with Gasteiger partial charge in [-0.1, -0.05) is 243 Å². The lowest BCUT2D eigenvalue weighted by Gasteiger charge is -2.53. The summed E-state index contributed by atoms with van der Waals surface area (Å²) in [5.74, 6) is -1.64. The highest BCUT2D eigenvalue weighted by Crippen LogP contribution is 2.42. The van der Waals surface area contributed by atoms with Crippen LogP contribution in [0.15, 0.2) is 243 Å². The molecule has 11 heteroatoms. The average Bonchev–Trinajstić information content (AvgIpc) is 3.60. The Morgan fingerprint density at radius 3 is 0.938 bits per heavy atom. The fraction of sp³-hybridized carbons (Fsp3) is 0.304. The van der Waals surface area contributed by atoms with Gasteiger partial charge in [0.2, 0.25) is 0 Å². The molecule has 414 valence electrons. The van der Waals surface area contributed by atoms with Gasteiger partial charge in [0, 0.05) is 0 Å². The first kappa shape index (κ1) is 56.6. The van der Waals surface area contributed by atoms with Crippen molar-refractivity contribution in [2.75, 3.05) is 13.2 Å². The molecule has 2 aliphatic heterocycles. The summed E-state index contributed by atoms with van der Waals surface area (Å²) >= 11 is 0. The predicted molar refractivity (Wildman–Crippen MR) is 305 cm³/mol. The fourth-order valence-corrected chi connectivity index (χ4v) is 10.2. The lowest BCUT2D eigenvalue weighted by atomic mass is 9.91. The maximum atomic E-state index is 7.62. The van der Waals surface area contributed by atoms with E-state index in [2.05, 4.69) is 0 Å². The minimum atomic E-state index is -1.64. The topological polar surface area (TPSA) is 102 Å². The molecule has 10 rings (SSSR count). The molecule has 0 bridgehead atoms. The minimum absolute atomic E-state index is 0.123. The van der Waals surface area contributed by atoms with Crippen LogP contribution in [0.2, 0.25) is 0 Å². The Balaban J connectivity index is 1.06. The first-order chi connectivity index (χ1) is 39.5. The molecule has 11 nitrogen and oxygen atoms in total. The summed E-state index contributed by atoms with van der Waals surface area (Å²) in [4.78, 5) is 0. The van der Waals surface area contributed by atoms with E-state index in [0.717, 1.165) is 44.5 Å². The Labute approximate surface area is 471 Å². The quantitative estimate of drug-likeness (QED) is 0.0469. The molecule has 0 N–H and O–H groups in total. The van der Waals surface area contributed by atoms with Crippen molar-refractivity contribution < 1.29 is 52.1 Å². The highest BCUT2D eigenvalue weighted by Gasteiger charge is 2.59. The van der Waals surface area contributed by atoms with Crippen LogP contribution in [0, 0.1) is 0 Å². The lowest BCUT2D eigenvalue weighted by Crippen LogP contribution is -2.70. The summed E-state index contributed by atoms with van der Waals surface area (Å²) in [6.45, 7) is 4.28. The second kappa shape index (κ2) is 29.7. The Hall–Kier alpha value is -6.68. The third-order valence-corrected chi connectivity index (χ3v) is 14.3. The minimum Gasteiger partial charge on any atom is -0.374 e. The smallest absolute Gasteiger partial charge is 0.198 e. The number of hydrogen-bond acceptors (Lipinski definition) is 11. The van der Waals surface area contributed by atoms with E-state index in [1.807, 2.05) is 250 Å². The van der Waals surface area contributed by atoms with Gasteiger partial charge in [0.15, 0.2) is 12.1 Å². The van der Waals surface area contributed by atoms with Gasteiger partial charge in [-0.2, -0.15) is 0 Å². The second-order valence-electron chi connectivity index (χ2n) is 20.4. The predicted octanol–water partition coefficient (Wildman–Crippen LogP) is 12.8. The van der Waals surface area contributed by atoms with E-state index < -0.39 is 60.9 Å². The molecule has 0 unspecified atom stereocenters. The van der Waals surface area contributed by atoms with E-state index in [1.165, 1.54) is 0 Å². The molecule has 80 heavy (non-hydrogen) atoms. The molecule has 0 saturated carbocycles. The van der Waals surface area contributed by atoms with Gasteiger partial charge in [0.25, 0.3) is 0 Å². The third-order valence-electron chi connectivity index (χ3n) is 14.3. The van der Waals surface area contributed by atoms with Crippen LogP contribution in [0.1, 0.15) is 51.4 Å². The monoisotopic (exact) mass is 1080 g/mol. The van der Waals surface area contributed by atoms with Gasteiger partial charge >= 0.3 is 0 Å². The molecule has 2 saturated heterocycles. The van der Waals surface area contributed by atoms with Crippen molar-refractivity contribution in [3.05, 3.63) is 287 Å². The van der Waals surface area contributed by atoms with Gasteiger partial charge in [-0.05, 0) is 51.4 Å². The second-order valence-corrected chi connectivity index (χ2v) is 20.4. The highest BCUT2D eigenvalue weighted by atomic mass is 16.8. The molecule has 0 amide bonds. The Morgan fingerprint density at radius 2 is 0.575 bits per heavy atom. The Bertz CT molecular complexity index is 2950. The van der Waals surface area contributed by atoms with Crippen LogP contribution >= 0.6 is 0 Å². The van der Waals surface area contributed by atoms with Crippen LogP contribution in [0.4, 0.5) is 0 Å².